The number of benzene rings is 1. The Labute approximate surface area is 112 Å². The maximum Gasteiger partial charge on any atom is 0.157 e. The van der Waals surface area contributed by atoms with Crippen molar-refractivity contribution in [2.75, 3.05) is 0 Å². The number of para-hydroxylation sites is 1. The van der Waals surface area contributed by atoms with Gasteiger partial charge in [-0.15, -0.1) is 0 Å². The van der Waals surface area contributed by atoms with Gasteiger partial charge in [0, 0.05) is 22.9 Å². The zero-order valence-corrected chi connectivity index (χ0v) is 10.9. The van der Waals surface area contributed by atoms with E-state index in [0.717, 1.165) is 11.2 Å². The van der Waals surface area contributed by atoms with Gasteiger partial charge in [-0.1, -0.05) is 37.5 Å². The van der Waals surface area contributed by atoms with E-state index < -0.39 is 0 Å². The number of pyridine rings is 1. The molecular formula is C17H17NO. The molecule has 0 unspecified atom stereocenters. The Morgan fingerprint density at radius 2 is 1.79 bits per heavy atom. The number of hydrogen-bond donors (Lipinski definition) is 0. The van der Waals surface area contributed by atoms with Gasteiger partial charge in [0.15, 0.2) is 5.58 Å². The highest BCUT2D eigenvalue weighted by atomic mass is 16.3. The minimum absolute atomic E-state index is 0.581. The van der Waals surface area contributed by atoms with Crippen LogP contribution < -0.4 is 0 Å². The number of furan rings is 1. The molecule has 1 saturated carbocycles. The fourth-order valence-electron chi connectivity index (χ4n) is 3.34. The summed E-state index contributed by atoms with van der Waals surface area (Å²) in [6.45, 7) is 0. The van der Waals surface area contributed by atoms with Crippen molar-refractivity contribution in [1.82, 2.24) is 4.98 Å². The molecule has 2 nitrogen and oxygen atoms in total. The second-order valence-corrected chi connectivity index (χ2v) is 5.51. The van der Waals surface area contributed by atoms with E-state index in [2.05, 4.69) is 23.2 Å². The Balaban J connectivity index is 1.95. The van der Waals surface area contributed by atoms with Gasteiger partial charge in [-0.05, 0) is 25.0 Å². The van der Waals surface area contributed by atoms with Crippen molar-refractivity contribution in [3.63, 3.8) is 0 Å². The number of fused-ring (bicyclic) bond motifs is 3. The monoisotopic (exact) mass is 251 g/mol. The van der Waals surface area contributed by atoms with Crippen LogP contribution in [0.4, 0.5) is 0 Å². The van der Waals surface area contributed by atoms with Crippen molar-refractivity contribution in [2.45, 2.75) is 38.0 Å². The van der Waals surface area contributed by atoms with E-state index in [-0.39, 0.29) is 0 Å². The average molecular weight is 251 g/mol. The molecule has 3 aromatic rings. The summed E-state index contributed by atoms with van der Waals surface area (Å²) in [5.74, 6) is 0.581. The Morgan fingerprint density at radius 3 is 2.68 bits per heavy atom. The highest BCUT2D eigenvalue weighted by Gasteiger charge is 2.21. The normalized spacial score (nSPS) is 17.3. The Bertz CT molecular complexity index is 722. The third kappa shape index (κ3) is 1.74. The summed E-state index contributed by atoms with van der Waals surface area (Å²) in [7, 11) is 0. The minimum atomic E-state index is 0.581. The second kappa shape index (κ2) is 4.37. The van der Waals surface area contributed by atoms with E-state index in [1.165, 1.54) is 48.6 Å². The van der Waals surface area contributed by atoms with E-state index in [4.69, 9.17) is 4.42 Å². The molecule has 2 heteroatoms. The molecule has 0 radical (unpaired) electrons. The van der Waals surface area contributed by atoms with E-state index in [0.29, 0.717) is 5.92 Å². The molecule has 0 bridgehead atoms. The molecule has 0 atom stereocenters. The van der Waals surface area contributed by atoms with Crippen LogP contribution in [-0.2, 0) is 0 Å². The van der Waals surface area contributed by atoms with Crippen LogP contribution in [0.3, 0.4) is 0 Å². The van der Waals surface area contributed by atoms with Crippen molar-refractivity contribution in [1.29, 1.82) is 0 Å². The fraction of sp³-hybridized carbons (Fsp3) is 0.353. The van der Waals surface area contributed by atoms with Crippen LogP contribution in [-0.4, -0.2) is 4.98 Å². The summed E-state index contributed by atoms with van der Waals surface area (Å²) in [5.41, 5.74) is 3.16. The highest BCUT2D eigenvalue weighted by molar-refractivity contribution is 6.05. The number of hydrogen-bond acceptors (Lipinski definition) is 2. The first-order chi connectivity index (χ1) is 9.43. The molecule has 0 saturated heterocycles. The molecule has 1 aromatic carbocycles. The summed E-state index contributed by atoms with van der Waals surface area (Å²) in [5, 5.41) is 2.42. The van der Waals surface area contributed by atoms with E-state index >= 15 is 0 Å². The highest BCUT2D eigenvalue weighted by Crippen LogP contribution is 2.38. The lowest BCUT2D eigenvalue weighted by atomic mass is 9.86. The van der Waals surface area contributed by atoms with Gasteiger partial charge in [-0.25, -0.2) is 0 Å². The fourth-order valence-corrected chi connectivity index (χ4v) is 3.34. The Morgan fingerprint density at radius 1 is 0.947 bits per heavy atom. The first kappa shape index (κ1) is 11.0. The van der Waals surface area contributed by atoms with Gasteiger partial charge in [-0.3, -0.25) is 4.98 Å². The summed E-state index contributed by atoms with van der Waals surface area (Å²) in [4.78, 5) is 4.63. The second-order valence-electron chi connectivity index (χ2n) is 5.51. The predicted octanol–water partition coefficient (Wildman–Crippen LogP) is 5.03. The van der Waals surface area contributed by atoms with Crippen LogP contribution in [0.2, 0.25) is 0 Å². The summed E-state index contributed by atoms with van der Waals surface area (Å²) >= 11 is 0. The summed E-state index contributed by atoms with van der Waals surface area (Å²) < 4.78 is 6.07. The van der Waals surface area contributed by atoms with Gasteiger partial charge in [-0.2, -0.15) is 0 Å². The largest absolute Gasteiger partial charge is 0.454 e. The van der Waals surface area contributed by atoms with Gasteiger partial charge in [0.05, 0.1) is 5.69 Å². The zero-order chi connectivity index (χ0) is 12.7. The molecule has 96 valence electrons. The zero-order valence-electron chi connectivity index (χ0n) is 10.9. The van der Waals surface area contributed by atoms with Crippen LogP contribution >= 0.6 is 0 Å². The molecule has 2 heterocycles. The summed E-state index contributed by atoms with van der Waals surface area (Å²) in [6, 6.07) is 10.3. The number of aromatic nitrogens is 1. The smallest absolute Gasteiger partial charge is 0.157 e. The Kier molecular flexibility index (Phi) is 2.54. The molecule has 4 rings (SSSR count). The minimum Gasteiger partial charge on any atom is -0.454 e. The van der Waals surface area contributed by atoms with Crippen molar-refractivity contribution in [3.05, 3.63) is 42.2 Å². The lowest BCUT2D eigenvalue weighted by Gasteiger charge is -2.20. The molecular weight excluding hydrogens is 234 g/mol. The number of rotatable bonds is 1. The molecule has 19 heavy (non-hydrogen) atoms. The maximum atomic E-state index is 6.07. The van der Waals surface area contributed by atoms with Crippen LogP contribution in [0.25, 0.3) is 21.9 Å². The lowest BCUT2D eigenvalue weighted by molar-refractivity contribution is 0.435. The molecule has 2 aromatic heterocycles. The molecule has 1 aliphatic rings. The van der Waals surface area contributed by atoms with Gasteiger partial charge in [0.25, 0.3) is 0 Å². The van der Waals surface area contributed by atoms with E-state index in [1.54, 1.807) is 0 Å². The van der Waals surface area contributed by atoms with Gasteiger partial charge in [0.2, 0.25) is 0 Å². The molecule has 1 fully saturated rings. The predicted molar refractivity (Wildman–Crippen MR) is 77.3 cm³/mol. The average Bonchev–Trinajstić information content (AvgIpc) is 2.87. The summed E-state index contributed by atoms with van der Waals surface area (Å²) in [6.07, 6.45) is 8.46. The van der Waals surface area contributed by atoms with Crippen LogP contribution in [0.15, 0.2) is 40.9 Å². The van der Waals surface area contributed by atoms with E-state index in [1.807, 2.05) is 18.3 Å². The molecule has 0 amide bonds. The van der Waals surface area contributed by atoms with Gasteiger partial charge >= 0.3 is 0 Å². The molecule has 0 N–H and O–H groups in total. The van der Waals surface area contributed by atoms with E-state index in [9.17, 15) is 0 Å². The van der Waals surface area contributed by atoms with Crippen LogP contribution in [0.1, 0.15) is 43.7 Å². The van der Waals surface area contributed by atoms with Crippen molar-refractivity contribution in [3.8, 4) is 0 Å². The van der Waals surface area contributed by atoms with Crippen LogP contribution in [0, 0.1) is 0 Å². The Hall–Kier alpha value is -1.83. The van der Waals surface area contributed by atoms with Gasteiger partial charge < -0.3 is 4.42 Å². The van der Waals surface area contributed by atoms with Crippen molar-refractivity contribution in [2.24, 2.45) is 0 Å². The van der Waals surface area contributed by atoms with Crippen molar-refractivity contribution < 1.29 is 4.42 Å². The molecule has 0 aliphatic heterocycles. The SMILES string of the molecule is c1ccc2c(c1)oc1c(C3CCCCC3)nccc12. The number of nitrogens with zero attached hydrogens (tertiary/aromatic N) is 1. The molecule has 1 aliphatic carbocycles. The topological polar surface area (TPSA) is 26.0 Å². The lowest BCUT2D eigenvalue weighted by Crippen LogP contribution is -2.06. The van der Waals surface area contributed by atoms with Gasteiger partial charge in [0.1, 0.15) is 5.58 Å². The first-order valence-corrected chi connectivity index (χ1v) is 7.19. The maximum absolute atomic E-state index is 6.07. The van der Waals surface area contributed by atoms with Crippen molar-refractivity contribution >= 4 is 21.9 Å². The quantitative estimate of drug-likeness (QED) is 0.606. The third-order valence-electron chi connectivity index (χ3n) is 4.31. The molecule has 0 spiro atoms. The standard InChI is InChI=1S/C17H17NO/c1-2-6-12(7-3-1)16-17-14(10-11-18-16)13-8-4-5-9-15(13)19-17/h4-5,8-12H,1-3,6-7H2. The van der Waals surface area contributed by atoms with Crippen LogP contribution in [0.5, 0.6) is 0 Å². The first-order valence-electron chi connectivity index (χ1n) is 7.19. The third-order valence-corrected chi connectivity index (χ3v) is 4.31.